The number of nitrogens with zero attached hydrogens (tertiary/aromatic N) is 1. The smallest absolute Gasteiger partial charge is 0.405 e. The SMILES string of the molecule is CCCC[Si](CCCC)(CCCC)c1ccc(P(c2ccccc2F)N(C)P(c2ccc([Si](CCCC)(CCCC)CCCC)cc2)c2ccccc2OC(F)(F)F)cc1. The standard InChI is InChI=1S/C50H73F4NOP2Si2/c1-8-14-36-59(37-15-9-2,38-16-10-3)44-32-28-42(29-33-44)57(48-26-22-20-24-46(48)51)55(7)58(49-27-23-21-25-47(49)56-50(52,53)54)43-30-34-45(35-31-43)60(39-17-11-4,40-18-12-5)41-19-13-6/h20-35H,8-19,36-41H2,1-7H3. The summed E-state index contributed by atoms with van der Waals surface area (Å²) in [6.07, 6.45) is 9.49. The molecule has 0 bridgehead atoms. The van der Waals surface area contributed by atoms with Crippen molar-refractivity contribution in [1.29, 1.82) is 0 Å². The number of rotatable bonds is 27. The quantitative estimate of drug-likeness (QED) is 0.0336. The highest BCUT2D eigenvalue weighted by molar-refractivity contribution is 7.84. The van der Waals surface area contributed by atoms with Crippen molar-refractivity contribution in [2.45, 2.75) is 161 Å². The second-order valence-corrected chi connectivity index (χ2v) is 30.9. The van der Waals surface area contributed by atoms with Crippen LogP contribution in [0.15, 0.2) is 97.1 Å². The Labute approximate surface area is 366 Å². The van der Waals surface area contributed by atoms with Crippen molar-refractivity contribution in [2.75, 3.05) is 7.05 Å². The summed E-state index contributed by atoms with van der Waals surface area (Å²) < 4.78 is 65.6. The fourth-order valence-corrected chi connectivity index (χ4v) is 25.9. The highest BCUT2D eigenvalue weighted by Crippen LogP contribution is 2.54. The molecule has 330 valence electrons. The lowest BCUT2D eigenvalue weighted by Gasteiger charge is -2.38. The van der Waals surface area contributed by atoms with Crippen molar-refractivity contribution in [2.24, 2.45) is 0 Å². The van der Waals surface area contributed by atoms with Gasteiger partial charge in [0.2, 0.25) is 0 Å². The number of alkyl halides is 3. The lowest BCUT2D eigenvalue weighted by atomic mass is 10.3. The van der Waals surface area contributed by atoms with Crippen molar-refractivity contribution in [3.8, 4) is 5.75 Å². The van der Waals surface area contributed by atoms with Gasteiger partial charge in [-0.15, -0.1) is 13.2 Å². The predicted molar refractivity (Wildman–Crippen MR) is 262 cm³/mol. The Kier molecular flexibility index (Phi) is 21.0. The summed E-state index contributed by atoms with van der Waals surface area (Å²) >= 11 is 0. The maximum atomic E-state index is 16.3. The average Bonchev–Trinajstić information content (AvgIpc) is 3.25. The first kappa shape index (κ1) is 50.3. The number of para-hydroxylation sites is 1. The van der Waals surface area contributed by atoms with Gasteiger partial charge >= 0.3 is 6.36 Å². The number of halogens is 4. The van der Waals surface area contributed by atoms with Gasteiger partial charge in [-0.05, 0) is 41.9 Å². The molecule has 0 radical (unpaired) electrons. The molecule has 0 fully saturated rings. The monoisotopic (exact) mass is 897 g/mol. The molecule has 0 N–H and O–H groups in total. The number of ether oxygens (including phenoxy) is 1. The lowest BCUT2D eigenvalue weighted by molar-refractivity contribution is -0.274. The van der Waals surface area contributed by atoms with Crippen LogP contribution in [0.2, 0.25) is 36.3 Å². The van der Waals surface area contributed by atoms with E-state index in [1.807, 2.05) is 19.2 Å². The van der Waals surface area contributed by atoms with Gasteiger partial charge in [0.15, 0.2) is 0 Å². The van der Waals surface area contributed by atoms with Gasteiger partial charge in [0, 0.05) is 26.8 Å². The first-order valence-electron chi connectivity index (χ1n) is 23.1. The summed E-state index contributed by atoms with van der Waals surface area (Å²) in [5, 5.41) is 5.90. The zero-order valence-corrected chi connectivity index (χ0v) is 41.5. The number of hydrogen-bond acceptors (Lipinski definition) is 2. The van der Waals surface area contributed by atoms with E-state index in [-0.39, 0.29) is 11.6 Å². The van der Waals surface area contributed by atoms with E-state index in [4.69, 9.17) is 4.74 Å². The van der Waals surface area contributed by atoms with Crippen molar-refractivity contribution in [3.05, 3.63) is 103 Å². The second-order valence-electron chi connectivity index (χ2n) is 16.9. The van der Waals surface area contributed by atoms with Crippen LogP contribution in [0.4, 0.5) is 17.6 Å². The molecule has 0 saturated heterocycles. The summed E-state index contributed by atoms with van der Waals surface area (Å²) in [5.41, 5.74) is 0. The van der Waals surface area contributed by atoms with Gasteiger partial charge in [-0.25, -0.2) is 8.83 Å². The minimum Gasteiger partial charge on any atom is -0.405 e. The average molecular weight is 898 g/mol. The molecular formula is C50H73F4NOP2Si2. The van der Waals surface area contributed by atoms with E-state index in [1.165, 1.54) is 117 Å². The molecule has 0 heterocycles. The van der Waals surface area contributed by atoms with Gasteiger partial charge < -0.3 is 4.74 Å². The fraction of sp³-hybridized carbons (Fsp3) is 0.520. The molecular weight excluding hydrogens is 825 g/mol. The zero-order valence-electron chi connectivity index (χ0n) is 37.7. The van der Waals surface area contributed by atoms with Gasteiger partial charge in [0.05, 0.1) is 16.1 Å². The molecule has 0 aromatic heterocycles. The summed E-state index contributed by atoms with van der Waals surface area (Å²) in [6.45, 7) is 13.7. The van der Waals surface area contributed by atoms with Crippen molar-refractivity contribution < 1.29 is 22.3 Å². The third-order valence-electron chi connectivity index (χ3n) is 12.5. The normalized spacial score (nSPS) is 13.5. The molecule has 4 aromatic rings. The first-order valence-corrected chi connectivity index (χ1v) is 30.9. The molecule has 0 aliphatic rings. The maximum Gasteiger partial charge on any atom is 0.573 e. The molecule has 10 heteroatoms. The molecule has 0 aliphatic carbocycles. The van der Waals surface area contributed by atoms with E-state index in [2.05, 4.69) is 94.5 Å². The molecule has 4 aromatic carbocycles. The maximum absolute atomic E-state index is 16.3. The highest BCUT2D eigenvalue weighted by Gasteiger charge is 2.38. The van der Waals surface area contributed by atoms with Gasteiger partial charge in [-0.2, -0.15) is 0 Å². The van der Waals surface area contributed by atoms with Crippen LogP contribution in [0.25, 0.3) is 0 Å². The van der Waals surface area contributed by atoms with Gasteiger partial charge in [-0.3, -0.25) is 0 Å². The van der Waals surface area contributed by atoms with Gasteiger partial charge in [0.25, 0.3) is 0 Å². The Morgan fingerprint density at radius 1 is 0.483 bits per heavy atom. The van der Waals surface area contributed by atoms with E-state index in [0.29, 0.717) is 10.6 Å². The van der Waals surface area contributed by atoms with E-state index in [9.17, 15) is 13.2 Å². The van der Waals surface area contributed by atoms with E-state index < -0.39 is 38.7 Å². The van der Waals surface area contributed by atoms with Crippen LogP contribution in [0, 0.1) is 5.82 Å². The van der Waals surface area contributed by atoms with Crippen molar-refractivity contribution in [1.82, 2.24) is 4.44 Å². The number of unbranched alkanes of at least 4 members (excludes halogenated alkanes) is 6. The van der Waals surface area contributed by atoms with Crippen LogP contribution in [-0.2, 0) is 0 Å². The van der Waals surface area contributed by atoms with E-state index in [0.717, 1.165) is 29.9 Å². The van der Waals surface area contributed by atoms with Crippen molar-refractivity contribution in [3.63, 3.8) is 0 Å². The molecule has 0 amide bonds. The molecule has 0 spiro atoms. The van der Waals surface area contributed by atoms with Crippen molar-refractivity contribution >= 4 is 63.9 Å². The largest absolute Gasteiger partial charge is 0.573 e. The van der Waals surface area contributed by atoms with Crippen LogP contribution < -0.4 is 36.3 Å². The van der Waals surface area contributed by atoms with Gasteiger partial charge in [0.1, 0.15) is 11.6 Å². The Bertz CT molecular complexity index is 1780. The Morgan fingerprint density at radius 3 is 1.17 bits per heavy atom. The Morgan fingerprint density at radius 2 is 0.817 bits per heavy atom. The minimum atomic E-state index is -4.86. The molecule has 2 atom stereocenters. The molecule has 60 heavy (non-hydrogen) atoms. The predicted octanol–water partition coefficient (Wildman–Crippen LogP) is 14.2. The third-order valence-corrected chi connectivity index (χ3v) is 28.9. The first-order chi connectivity index (χ1) is 28.9. The third kappa shape index (κ3) is 13.6. The molecule has 0 aliphatic heterocycles. The summed E-state index contributed by atoms with van der Waals surface area (Å²) in [5.74, 6) is -0.511. The van der Waals surface area contributed by atoms with Crippen LogP contribution in [0.5, 0.6) is 5.75 Å². The molecule has 0 saturated carbocycles. The topological polar surface area (TPSA) is 12.5 Å². The molecule has 4 rings (SSSR count). The number of benzene rings is 4. The van der Waals surface area contributed by atoms with E-state index >= 15 is 4.39 Å². The van der Waals surface area contributed by atoms with Gasteiger partial charge in [-0.1, -0.05) is 238 Å². The Hall–Kier alpha value is -2.35. The molecule has 2 unspecified atom stereocenters. The summed E-state index contributed by atoms with van der Waals surface area (Å²) in [4.78, 5) is 0. The van der Waals surface area contributed by atoms with E-state index in [1.54, 1.807) is 24.3 Å². The van der Waals surface area contributed by atoms with Crippen LogP contribution in [0.3, 0.4) is 0 Å². The van der Waals surface area contributed by atoms with Crippen LogP contribution >= 0.6 is 16.1 Å². The molecule has 2 nitrogen and oxygen atoms in total. The Balaban J connectivity index is 1.95. The highest BCUT2D eigenvalue weighted by atomic mass is 31.2. The zero-order chi connectivity index (χ0) is 43.6. The summed E-state index contributed by atoms with van der Waals surface area (Å²) in [6, 6.07) is 39.3. The van der Waals surface area contributed by atoms with Crippen LogP contribution in [0.1, 0.15) is 119 Å². The summed E-state index contributed by atoms with van der Waals surface area (Å²) in [7, 11) is -4.82. The lowest BCUT2D eigenvalue weighted by Crippen LogP contribution is -2.48. The second kappa shape index (κ2) is 25.1. The van der Waals surface area contributed by atoms with Crippen LogP contribution in [-0.4, -0.2) is 34.0 Å². The number of hydrogen-bond donors (Lipinski definition) is 0. The fourth-order valence-electron chi connectivity index (χ4n) is 9.10. The minimum absolute atomic E-state index is 0.206.